The van der Waals surface area contributed by atoms with Crippen molar-refractivity contribution >= 4 is 33.8 Å². The molecular weight excluding hydrogens is 448 g/mol. The molecule has 5 heterocycles. The van der Waals surface area contributed by atoms with Gasteiger partial charge in [-0.25, -0.2) is 14.8 Å². The van der Waals surface area contributed by atoms with Crippen molar-refractivity contribution < 1.29 is 14.6 Å². The minimum Gasteiger partial charge on any atom is -0.483 e. The van der Waals surface area contributed by atoms with Gasteiger partial charge in [0, 0.05) is 30.4 Å². The fourth-order valence-electron chi connectivity index (χ4n) is 3.56. The summed E-state index contributed by atoms with van der Waals surface area (Å²) in [6, 6.07) is 7.69. The molecule has 0 saturated carbocycles. The van der Waals surface area contributed by atoms with E-state index in [4.69, 9.17) is 14.6 Å². The first-order chi connectivity index (χ1) is 16.1. The Morgan fingerprint density at radius 2 is 2.12 bits per heavy atom. The predicted molar refractivity (Wildman–Crippen MR) is 122 cm³/mol. The Morgan fingerprint density at radius 3 is 2.88 bits per heavy atom. The summed E-state index contributed by atoms with van der Waals surface area (Å²) in [7, 11) is 0. The summed E-state index contributed by atoms with van der Waals surface area (Å²) in [5, 5.41) is 7.77. The van der Waals surface area contributed by atoms with Crippen LogP contribution in [0.15, 0.2) is 52.6 Å². The number of aromatic amines is 2. The zero-order chi connectivity index (χ0) is 23.2. The van der Waals surface area contributed by atoms with Gasteiger partial charge in [0.25, 0.3) is 12.0 Å². The lowest BCUT2D eigenvalue weighted by molar-refractivity contribution is -0.122. The van der Waals surface area contributed by atoms with Crippen LogP contribution in [-0.4, -0.2) is 55.7 Å². The Balaban J connectivity index is 0.000000821. The highest BCUT2D eigenvalue weighted by molar-refractivity contribution is 7.21. The molecule has 1 unspecified atom stereocenters. The predicted octanol–water partition coefficient (Wildman–Crippen LogP) is 1.63. The zero-order valence-electron chi connectivity index (χ0n) is 17.3. The van der Waals surface area contributed by atoms with Gasteiger partial charge in [0.05, 0.1) is 29.4 Å². The maximum Gasteiger partial charge on any atom is 0.325 e. The molecule has 0 amide bonds. The maximum atomic E-state index is 12.2. The van der Waals surface area contributed by atoms with Gasteiger partial charge < -0.3 is 19.7 Å². The topological polar surface area (TPSA) is 154 Å². The molecule has 0 aliphatic carbocycles. The lowest BCUT2D eigenvalue weighted by Crippen LogP contribution is -2.24. The number of pyridine rings is 1. The first-order valence-electron chi connectivity index (χ1n) is 10.00. The monoisotopic (exact) mass is 468 g/mol. The van der Waals surface area contributed by atoms with Crippen LogP contribution in [0.2, 0.25) is 0 Å². The van der Waals surface area contributed by atoms with Crippen LogP contribution < -0.4 is 16.1 Å². The van der Waals surface area contributed by atoms with Gasteiger partial charge in [-0.3, -0.25) is 19.6 Å². The van der Waals surface area contributed by atoms with E-state index >= 15 is 0 Å². The second-order valence-electron chi connectivity index (χ2n) is 7.11. The van der Waals surface area contributed by atoms with Gasteiger partial charge in [-0.2, -0.15) is 0 Å². The van der Waals surface area contributed by atoms with Crippen LogP contribution in [0, 0.1) is 0 Å². The average Bonchev–Trinajstić information content (AvgIpc) is 3.46. The lowest BCUT2D eigenvalue weighted by Gasteiger charge is -2.18. The smallest absolute Gasteiger partial charge is 0.325 e. The van der Waals surface area contributed by atoms with E-state index in [1.807, 2.05) is 24.3 Å². The number of carboxylic acid groups (broad SMARTS) is 1. The van der Waals surface area contributed by atoms with Gasteiger partial charge in [0.15, 0.2) is 0 Å². The van der Waals surface area contributed by atoms with E-state index in [0.717, 1.165) is 46.1 Å². The van der Waals surface area contributed by atoms with E-state index < -0.39 is 11.2 Å². The van der Waals surface area contributed by atoms with Crippen molar-refractivity contribution in [2.75, 3.05) is 18.0 Å². The molecule has 11 nitrogen and oxygen atoms in total. The molecule has 1 aliphatic heterocycles. The third kappa shape index (κ3) is 5.13. The molecule has 4 aromatic heterocycles. The van der Waals surface area contributed by atoms with Crippen LogP contribution in [0.3, 0.4) is 0 Å². The molecule has 1 atom stereocenters. The first-order valence-corrected chi connectivity index (χ1v) is 10.8. The number of aromatic nitrogens is 5. The summed E-state index contributed by atoms with van der Waals surface area (Å²) >= 11 is 1.39. The van der Waals surface area contributed by atoms with E-state index in [1.165, 1.54) is 23.9 Å². The number of nitrogens with zero attached hydrogens (tertiary/aromatic N) is 4. The lowest BCUT2D eigenvalue weighted by atomic mass is 10.2. The Hall–Kier alpha value is -3.90. The van der Waals surface area contributed by atoms with E-state index in [9.17, 15) is 9.59 Å². The minimum atomic E-state index is -0.529. The quantitative estimate of drug-likeness (QED) is 0.371. The van der Waals surface area contributed by atoms with Crippen LogP contribution >= 0.6 is 11.3 Å². The van der Waals surface area contributed by atoms with Gasteiger partial charge in [-0.15, -0.1) is 11.3 Å². The van der Waals surface area contributed by atoms with Crippen LogP contribution in [-0.2, 0) is 16.1 Å². The number of hydrogen-bond donors (Lipinski definition) is 3. The second-order valence-corrected chi connectivity index (χ2v) is 8.14. The van der Waals surface area contributed by atoms with Gasteiger partial charge in [-0.1, -0.05) is 6.07 Å². The zero-order valence-corrected chi connectivity index (χ0v) is 18.1. The molecule has 5 rings (SSSR count). The standard InChI is InChI=1S/C20H18N6O3S.CH2O2/c27-18-15(8-22-20(28)25-18)16-7-14-17(23-11-24-19(14)30-16)26-6-4-13(9-26)29-10-12-3-1-2-5-21-12;2-1-3/h1-3,5,7-8,11,13H,4,6,9-10H2,(H2,22,25,27,28);1H,(H,2,3). The van der Waals surface area contributed by atoms with Crippen molar-refractivity contribution in [3.8, 4) is 10.4 Å². The number of nitrogens with one attached hydrogen (secondary N) is 2. The minimum absolute atomic E-state index is 0.0946. The Labute approximate surface area is 190 Å². The van der Waals surface area contributed by atoms with Crippen molar-refractivity contribution in [3.63, 3.8) is 0 Å². The summed E-state index contributed by atoms with van der Waals surface area (Å²) in [4.78, 5) is 53.4. The molecular formula is C21H20N6O5S. The van der Waals surface area contributed by atoms with Crippen molar-refractivity contribution in [1.29, 1.82) is 0 Å². The van der Waals surface area contributed by atoms with Gasteiger partial charge in [0.2, 0.25) is 0 Å². The third-order valence-electron chi connectivity index (χ3n) is 5.03. The summed E-state index contributed by atoms with van der Waals surface area (Å²) < 4.78 is 6.03. The Kier molecular flexibility index (Phi) is 6.86. The fourth-order valence-corrected chi connectivity index (χ4v) is 4.57. The molecule has 4 aromatic rings. The second kappa shape index (κ2) is 10.1. The summed E-state index contributed by atoms with van der Waals surface area (Å²) in [6.45, 7) is 1.78. The van der Waals surface area contributed by atoms with Gasteiger partial charge in [-0.05, 0) is 24.6 Å². The largest absolute Gasteiger partial charge is 0.483 e. The van der Waals surface area contributed by atoms with E-state index in [-0.39, 0.29) is 12.6 Å². The highest BCUT2D eigenvalue weighted by Crippen LogP contribution is 2.35. The van der Waals surface area contributed by atoms with E-state index in [1.54, 1.807) is 6.20 Å². The number of hydrogen-bond acceptors (Lipinski definition) is 9. The van der Waals surface area contributed by atoms with Crippen molar-refractivity contribution in [2.24, 2.45) is 0 Å². The highest BCUT2D eigenvalue weighted by atomic mass is 32.1. The van der Waals surface area contributed by atoms with Crippen molar-refractivity contribution in [1.82, 2.24) is 24.9 Å². The molecule has 1 fully saturated rings. The third-order valence-corrected chi connectivity index (χ3v) is 6.11. The van der Waals surface area contributed by atoms with Gasteiger partial charge >= 0.3 is 5.69 Å². The van der Waals surface area contributed by atoms with Crippen molar-refractivity contribution in [2.45, 2.75) is 19.1 Å². The van der Waals surface area contributed by atoms with Gasteiger partial charge in [0.1, 0.15) is 17.0 Å². The summed E-state index contributed by atoms with van der Waals surface area (Å²) in [5.74, 6) is 0.826. The molecule has 0 aromatic carbocycles. The summed E-state index contributed by atoms with van der Waals surface area (Å²) in [6.07, 6.45) is 5.72. The maximum absolute atomic E-state index is 12.2. The van der Waals surface area contributed by atoms with Crippen molar-refractivity contribution in [3.05, 3.63) is 69.5 Å². The average molecular weight is 468 g/mol. The number of ether oxygens (including phenoxy) is 1. The van der Waals surface area contributed by atoms with E-state index in [2.05, 4.69) is 29.8 Å². The SMILES string of the molecule is O=CO.O=c1[nH]cc(-c2cc3c(N4CCC(OCc5ccccn5)C4)ncnc3s2)c(=O)[nH]1. The molecule has 33 heavy (non-hydrogen) atoms. The fraction of sp³-hybridized carbons (Fsp3) is 0.238. The molecule has 3 N–H and O–H groups in total. The van der Waals surface area contributed by atoms with Crippen LogP contribution in [0.4, 0.5) is 5.82 Å². The normalized spacial score (nSPS) is 15.3. The number of anilines is 1. The molecule has 12 heteroatoms. The Morgan fingerprint density at radius 1 is 1.27 bits per heavy atom. The van der Waals surface area contributed by atoms with E-state index in [0.29, 0.717) is 12.2 Å². The first kappa shape index (κ1) is 22.3. The molecule has 0 spiro atoms. The molecule has 1 saturated heterocycles. The Bertz CT molecular complexity index is 1350. The molecule has 170 valence electrons. The van der Waals surface area contributed by atoms with Crippen LogP contribution in [0.25, 0.3) is 20.7 Å². The number of H-pyrrole nitrogens is 2. The summed E-state index contributed by atoms with van der Waals surface area (Å²) in [5.41, 5.74) is 0.360. The van der Waals surface area contributed by atoms with Crippen LogP contribution in [0.1, 0.15) is 12.1 Å². The number of carbonyl (C=O) groups is 1. The highest BCUT2D eigenvalue weighted by Gasteiger charge is 2.26. The molecule has 0 radical (unpaired) electrons. The molecule has 1 aliphatic rings. The number of thiophene rings is 1. The number of rotatable bonds is 5. The molecule has 0 bridgehead atoms. The van der Waals surface area contributed by atoms with Crippen LogP contribution in [0.5, 0.6) is 0 Å². The number of fused-ring (bicyclic) bond motifs is 1.